The zero-order chi connectivity index (χ0) is 19.1. The minimum Gasteiger partial charge on any atom is -0.326 e. The summed E-state index contributed by atoms with van der Waals surface area (Å²) in [5.74, 6) is -0.252. The minimum absolute atomic E-state index is 0.0634. The highest BCUT2D eigenvalue weighted by molar-refractivity contribution is 5.91. The number of benzene rings is 1. The average molecular weight is 362 g/mol. The Labute approximate surface area is 155 Å². The molecule has 2 N–H and O–H groups in total. The van der Waals surface area contributed by atoms with E-state index in [0.29, 0.717) is 5.69 Å². The number of amides is 1. The Balaban J connectivity index is 1.61. The number of carbonyl (C=O) groups is 1. The van der Waals surface area contributed by atoms with Crippen LogP contribution in [0.25, 0.3) is 12.2 Å². The Morgan fingerprint density at radius 3 is 2.78 bits per heavy atom. The monoisotopic (exact) mass is 362 g/mol. The highest BCUT2D eigenvalue weighted by Gasteiger charge is 2.05. The Kier molecular flexibility index (Phi) is 5.73. The lowest BCUT2D eigenvalue weighted by Gasteiger charge is -2.07. The van der Waals surface area contributed by atoms with Crippen LogP contribution in [-0.2, 0) is 11.3 Å². The van der Waals surface area contributed by atoms with Gasteiger partial charge in [0.1, 0.15) is 0 Å². The van der Waals surface area contributed by atoms with Gasteiger partial charge in [-0.25, -0.2) is 4.68 Å². The van der Waals surface area contributed by atoms with Crippen LogP contribution in [0.2, 0.25) is 0 Å². The first kappa shape index (κ1) is 18.1. The maximum Gasteiger partial charge on any atom is 0.265 e. The van der Waals surface area contributed by atoms with Crippen molar-refractivity contribution in [1.29, 1.82) is 0 Å². The summed E-state index contributed by atoms with van der Waals surface area (Å²) in [5, 5.41) is 5.18. The van der Waals surface area contributed by atoms with E-state index < -0.39 is 0 Å². The molecule has 0 aliphatic rings. The molecule has 136 valence electrons. The van der Waals surface area contributed by atoms with Gasteiger partial charge in [0.25, 0.3) is 11.1 Å². The lowest BCUT2D eigenvalue weighted by molar-refractivity contribution is -0.116. The van der Waals surface area contributed by atoms with Gasteiger partial charge >= 0.3 is 0 Å². The molecule has 2 heterocycles. The number of carbonyl (C=O) groups excluding carboxylic acids is 1. The summed E-state index contributed by atoms with van der Waals surface area (Å²) >= 11 is 0. The van der Waals surface area contributed by atoms with Crippen molar-refractivity contribution in [2.24, 2.45) is 0 Å². The van der Waals surface area contributed by atoms with Crippen LogP contribution in [0.15, 0.2) is 70.4 Å². The van der Waals surface area contributed by atoms with Gasteiger partial charge in [0.15, 0.2) is 0 Å². The first-order valence-electron chi connectivity index (χ1n) is 8.39. The van der Waals surface area contributed by atoms with Gasteiger partial charge in [-0.3, -0.25) is 24.5 Å². The van der Waals surface area contributed by atoms with Crippen molar-refractivity contribution in [2.75, 3.05) is 5.32 Å². The number of aromatic nitrogens is 3. The quantitative estimate of drug-likeness (QED) is 0.702. The van der Waals surface area contributed by atoms with E-state index in [1.54, 1.807) is 12.3 Å². The molecule has 3 rings (SSSR count). The number of nitrogens with one attached hydrogen (secondary N) is 2. The third-order valence-electron chi connectivity index (χ3n) is 3.76. The predicted octanol–water partition coefficient (Wildman–Crippen LogP) is 2.13. The van der Waals surface area contributed by atoms with E-state index in [9.17, 15) is 14.4 Å². The molecule has 2 aromatic heterocycles. The summed E-state index contributed by atoms with van der Waals surface area (Å²) in [6.45, 7) is 0.0972. The fraction of sp³-hybridized carbons (Fsp3) is 0.100. The van der Waals surface area contributed by atoms with Crippen LogP contribution < -0.4 is 16.4 Å². The Morgan fingerprint density at radius 1 is 1.07 bits per heavy atom. The van der Waals surface area contributed by atoms with Crippen LogP contribution in [0, 0.1) is 0 Å². The zero-order valence-electron chi connectivity index (χ0n) is 14.5. The molecule has 0 radical (unpaired) electrons. The maximum absolute atomic E-state index is 12.1. The summed E-state index contributed by atoms with van der Waals surface area (Å²) in [6.07, 6.45) is 5.58. The SMILES string of the molecule is O=C(CCn1[nH]c(=O)ccc1=O)Nc1cccc(/C=C/c2ccccn2)c1. The number of nitrogens with zero attached hydrogens (tertiary/aromatic N) is 2. The summed E-state index contributed by atoms with van der Waals surface area (Å²) in [4.78, 5) is 39.2. The number of hydrogen-bond acceptors (Lipinski definition) is 4. The van der Waals surface area contributed by atoms with Crippen LogP contribution in [-0.4, -0.2) is 20.7 Å². The van der Waals surface area contributed by atoms with Gasteiger partial charge < -0.3 is 5.32 Å². The van der Waals surface area contributed by atoms with Crippen molar-refractivity contribution in [3.63, 3.8) is 0 Å². The summed E-state index contributed by atoms with van der Waals surface area (Å²) in [5.41, 5.74) is 1.67. The topological polar surface area (TPSA) is 96.9 Å². The lowest BCUT2D eigenvalue weighted by atomic mass is 10.1. The van der Waals surface area contributed by atoms with E-state index >= 15 is 0 Å². The van der Waals surface area contributed by atoms with E-state index in [-0.39, 0.29) is 30.0 Å². The van der Waals surface area contributed by atoms with Crippen LogP contribution in [0.5, 0.6) is 0 Å². The Morgan fingerprint density at radius 2 is 1.96 bits per heavy atom. The van der Waals surface area contributed by atoms with E-state index in [4.69, 9.17) is 0 Å². The standard InChI is InChI=1S/C20H18N4O3/c25-18(11-13-24-20(27)10-9-19(26)23-24)22-17-6-3-4-15(14-17)7-8-16-5-1-2-12-21-16/h1-10,12,14H,11,13H2,(H,22,25)(H,23,26)/b8-7+. The molecule has 7 heteroatoms. The first-order valence-corrected chi connectivity index (χ1v) is 8.39. The van der Waals surface area contributed by atoms with Gasteiger partial charge in [0.2, 0.25) is 5.91 Å². The second kappa shape index (κ2) is 8.57. The molecular formula is C20H18N4O3. The second-order valence-electron chi connectivity index (χ2n) is 5.81. The smallest absolute Gasteiger partial charge is 0.265 e. The Hall–Kier alpha value is -3.74. The highest BCUT2D eigenvalue weighted by atomic mass is 16.2. The van der Waals surface area contributed by atoms with Crippen molar-refractivity contribution in [2.45, 2.75) is 13.0 Å². The molecule has 27 heavy (non-hydrogen) atoms. The number of aryl methyl sites for hydroxylation is 1. The van der Waals surface area contributed by atoms with Crippen LogP contribution in [0.4, 0.5) is 5.69 Å². The second-order valence-corrected chi connectivity index (χ2v) is 5.81. The van der Waals surface area contributed by atoms with Crippen LogP contribution in [0.3, 0.4) is 0 Å². The molecule has 1 amide bonds. The van der Waals surface area contributed by atoms with E-state index in [2.05, 4.69) is 15.4 Å². The maximum atomic E-state index is 12.1. The number of aromatic amines is 1. The third-order valence-corrected chi connectivity index (χ3v) is 3.76. The highest BCUT2D eigenvalue weighted by Crippen LogP contribution is 2.13. The molecule has 0 saturated carbocycles. The van der Waals surface area contributed by atoms with Gasteiger partial charge in [-0.1, -0.05) is 24.3 Å². The van der Waals surface area contributed by atoms with Crippen LogP contribution in [0.1, 0.15) is 17.7 Å². The summed E-state index contributed by atoms with van der Waals surface area (Å²) < 4.78 is 1.12. The number of H-pyrrole nitrogens is 1. The van der Waals surface area contributed by atoms with Crippen molar-refractivity contribution in [3.8, 4) is 0 Å². The summed E-state index contributed by atoms with van der Waals surface area (Å²) in [6, 6.07) is 15.4. The average Bonchev–Trinajstić information content (AvgIpc) is 2.68. The summed E-state index contributed by atoms with van der Waals surface area (Å²) in [7, 11) is 0. The van der Waals surface area contributed by atoms with E-state index in [1.165, 1.54) is 6.07 Å². The molecule has 0 atom stereocenters. The Bertz CT molecular complexity index is 1070. The zero-order valence-corrected chi connectivity index (χ0v) is 14.5. The molecular weight excluding hydrogens is 344 g/mol. The van der Waals surface area contributed by atoms with Gasteiger partial charge in [-0.2, -0.15) is 0 Å². The van der Waals surface area contributed by atoms with Crippen molar-refractivity contribution < 1.29 is 4.79 Å². The molecule has 0 bridgehead atoms. The molecule has 0 fully saturated rings. The molecule has 3 aromatic rings. The number of hydrogen-bond donors (Lipinski definition) is 2. The molecule has 0 spiro atoms. The first-order chi connectivity index (χ1) is 13.1. The van der Waals surface area contributed by atoms with Gasteiger partial charge in [-0.05, 0) is 35.9 Å². The fourth-order valence-electron chi connectivity index (χ4n) is 2.44. The van der Waals surface area contributed by atoms with E-state index in [0.717, 1.165) is 22.0 Å². The lowest BCUT2D eigenvalue weighted by Crippen LogP contribution is -2.29. The number of pyridine rings is 1. The third kappa shape index (κ3) is 5.37. The van der Waals surface area contributed by atoms with Crippen LogP contribution >= 0.6 is 0 Å². The van der Waals surface area contributed by atoms with Crippen molar-refractivity contribution in [1.82, 2.24) is 14.8 Å². The van der Waals surface area contributed by atoms with Gasteiger partial charge in [0, 0.05) is 30.4 Å². The molecule has 1 aromatic carbocycles. The number of rotatable bonds is 6. The van der Waals surface area contributed by atoms with Gasteiger partial charge in [0.05, 0.1) is 12.2 Å². The number of anilines is 1. The molecule has 0 aliphatic heterocycles. The van der Waals surface area contributed by atoms with Crippen molar-refractivity contribution in [3.05, 3.63) is 92.8 Å². The fourth-order valence-corrected chi connectivity index (χ4v) is 2.44. The van der Waals surface area contributed by atoms with Crippen molar-refractivity contribution >= 4 is 23.7 Å². The predicted molar refractivity (Wildman–Crippen MR) is 104 cm³/mol. The largest absolute Gasteiger partial charge is 0.326 e. The molecule has 7 nitrogen and oxygen atoms in total. The van der Waals surface area contributed by atoms with E-state index in [1.807, 2.05) is 48.6 Å². The molecule has 0 saturated heterocycles. The molecule has 0 aliphatic carbocycles. The minimum atomic E-state index is -0.387. The normalized spacial score (nSPS) is 10.8. The van der Waals surface area contributed by atoms with Gasteiger partial charge in [-0.15, -0.1) is 0 Å². The molecule has 0 unspecified atom stereocenters.